The minimum absolute atomic E-state index is 0.0104. The highest BCUT2D eigenvalue weighted by Gasteiger charge is 2.34. The molecule has 0 bridgehead atoms. The highest BCUT2D eigenvalue weighted by Crippen LogP contribution is 2.35. The Morgan fingerprint density at radius 1 is 1.33 bits per heavy atom. The zero-order valence-electron chi connectivity index (χ0n) is 7.75. The molecule has 3 nitrogen and oxygen atoms in total. The maximum absolute atomic E-state index is 12.5. The molecule has 0 aromatic heterocycles. The van der Waals surface area contributed by atoms with E-state index >= 15 is 0 Å². The third-order valence-corrected chi connectivity index (χ3v) is 1.98. The van der Waals surface area contributed by atoms with Crippen LogP contribution in [0, 0.1) is 0 Å². The van der Waals surface area contributed by atoms with E-state index < -0.39 is 24.4 Å². The molecule has 1 aromatic carbocycles. The van der Waals surface area contributed by atoms with Gasteiger partial charge in [-0.15, -0.1) is 0 Å². The van der Waals surface area contributed by atoms with E-state index in [2.05, 4.69) is 0 Å². The Hall–Kier alpha value is -1.27. The van der Waals surface area contributed by atoms with Gasteiger partial charge in [0.1, 0.15) is 0 Å². The van der Waals surface area contributed by atoms with Crippen molar-refractivity contribution in [3.8, 4) is 0 Å². The summed E-state index contributed by atoms with van der Waals surface area (Å²) in [5, 5.41) is 8.72. The number of benzene rings is 1. The van der Waals surface area contributed by atoms with Crippen LogP contribution in [-0.2, 0) is 6.18 Å². The predicted molar refractivity (Wildman–Crippen MR) is 49.9 cm³/mol. The van der Waals surface area contributed by atoms with Gasteiger partial charge in [0.15, 0.2) is 0 Å². The molecular formula is C9H11F3N2O. The number of nitrogens with two attached hydrogens (primary N) is 2. The average molecular weight is 220 g/mol. The van der Waals surface area contributed by atoms with Crippen LogP contribution in [0.1, 0.15) is 17.2 Å². The van der Waals surface area contributed by atoms with Gasteiger partial charge in [-0.05, 0) is 17.7 Å². The van der Waals surface area contributed by atoms with Crippen LogP contribution in [0.2, 0.25) is 0 Å². The van der Waals surface area contributed by atoms with Gasteiger partial charge in [0, 0.05) is 5.69 Å². The molecule has 0 radical (unpaired) electrons. The molecule has 0 aliphatic carbocycles. The third-order valence-electron chi connectivity index (χ3n) is 1.98. The lowest BCUT2D eigenvalue weighted by Crippen LogP contribution is -2.20. The Balaban J connectivity index is 3.27. The van der Waals surface area contributed by atoms with Crippen molar-refractivity contribution >= 4 is 5.69 Å². The van der Waals surface area contributed by atoms with Crippen molar-refractivity contribution in [2.24, 2.45) is 5.73 Å². The van der Waals surface area contributed by atoms with Gasteiger partial charge < -0.3 is 16.6 Å². The lowest BCUT2D eigenvalue weighted by molar-refractivity contribution is -0.138. The van der Waals surface area contributed by atoms with Crippen molar-refractivity contribution in [3.05, 3.63) is 29.3 Å². The van der Waals surface area contributed by atoms with Crippen LogP contribution >= 0.6 is 0 Å². The lowest BCUT2D eigenvalue weighted by Gasteiger charge is -2.17. The number of hydrogen-bond acceptors (Lipinski definition) is 3. The molecule has 0 fully saturated rings. The summed E-state index contributed by atoms with van der Waals surface area (Å²) in [4.78, 5) is 0. The van der Waals surface area contributed by atoms with Crippen LogP contribution in [-0.4, -0.2) is 11.7 Å². The molecule has 15 heavy (non-hydrogen) atoms. The molecular weight excluding hydrogens is 209 g/mol. The van der Waals surface area contributed by atoms with Crippen molar-refractivity contribution in [3.63, 3.8) is 0 Å². The zero-order valence-corrected chi connectivity index (χ0v) is 7.75. The molecule has 84 valence electrons. The smallest absolute Gasteiger partial charge is 0.399 e. The molecule has 0 heterocycles. The van der Waals surface area contributed by atoms with Crippen molar-refractivity contribution < 1.29 is 18.3 Å². The number of aliphatic hydroxyl groups is 1. The Morgan fingerprint density at radius 3 is 2.40 bits per heavy atom. The quantitative estimate of drug-likeness (QED) is 0.657. The second-order valence-electron chi connectivity index (χ2n) is 3.13. The first kappa shape index (κ1) is 11.8. The molecule has 0 aliphatic rings. The monoisotopic (exact) mass is 220 g/mol. The number of anilines is 1. The Labute approximate surface area is 84.5 Å². The second kappa shape index (κ2) is 4.08. The molecule has 0 aliphatic heterocycles. The molecule has 5 N–H and O–H groups in total. The molecule has 6 heteroatoms. The van der Waals surface area contributed by atoms with Gasteiger partial charge in [-0.2, -0.15) is 13.2 Å². The number of rotatable bonds is 2. The number of hydrogen-bond donors (Lipinski definition) is 3. The minimum Gasteiger partial charge on any atom is -0.399 e. The van der Waals surface area contributed by atoms with Gasteiger partial charge in [-0.25, -0.2) is 0 Å². The van der Waals surface area contributed by atoms with Crippen molar-refractivity contribution in [2.45, 2.75) is 12.2 Å². The van der Waals surface area contributed by atoms with Gasteiger partial charge in [0.2, 0.25) is 0 Å². The average Bonchev–Trinajstić information content (AvgIpc) is 2.15. The van der Waals surface area contributed by atoms with Crippen molar-refractivity contribution in [2.75, 3.05) is 12.3 Å². The lowest BCUT2D eigenvalue weighted by atomic mass is 10.0. The maximum atomic E-state index is 12.5. The van der Waals surface area contributed by atoms with Gasteiger partial charge in [-0.3, -0.25) is 0 Å². The normalized spacial score (nSPS) is 13.9. The Bertz CT molecular complexity index is 352. The number of halogens is 3. The molecule has 1 rings (SSSR count). The van der Waals surface area contributed by atoms with E-state index in [1.165, 1.54) is 12.1 Å². The molecule has 0 unspecified atom stereocenters. The van der Waals surface area contributed by atoms with E-state index in [9.17, 15) is 13.2 Å². The minimum atomic E-state index is -4.52. The second-order valence-corrected chi connectivity index (χ2v) is 3.13. The molecule has 0 amide bonds. The van der Waals surface area contributed by atoms with E-state index in [0.29, 0.717) is 0 Å². The standard InChI is InChI=1S/C9H11F3N2O/c10-9(11,12)7-3-5(13)1-2-6(7)8(14)4-15/h1-3,8,15H,4,13-14H2/t8-/m1/s1. The topological polar surface area (TPSA) is 72.3 Å². The van der Waals surface area contributed by atoms with E-state index in [1.54, 1.807) is 0 Å². The fourth-order valence-electron chi connectivity index (χ4n) is 1.24. The number of alkyl halides is 3. The Kier molecular flexibility index (Phi) is 3.21. The highest BCUT2D eigenvalue weighted by molar-refractivity contribution is 5.47. The third kappa shape index (κ3) is 2.60. The van der Waals surface area contributed by atoms with E-state index in [0.717, 1.165) is 6.07 Å². The van der Waals surface area contributed by atoms with Crippen LogP contribution in [0.5, 0.6) is 0 Å². The number of aliphatic hydroxyl groups excluding tert-OH is 1. The predicted octanol–water partition coefficient (Wildman–Crippen LogP) is 1.28. The first-order chi connectivity index (χ1) is 6.86. The SMILES string of the molecule is Nc1ccc([C@H](N)CO)c(C(F)(F)F)c1. The summed E-state index contributed by atoms with van der Waals surface area (Å²) < 4.78 is 37.6. The molecule has 0 spiro atoms. The van der Waals surface area contributed by atoms with Crippen LogP contribution in [0.25, 0.3) is 0 Å². The molecule has 1 aromatic rings. The van der Waals surface area contributed by atoms with E-state index in [-0.39, 0.29) is 11.3 Å². The first-order valence-corrected chi connectivity index (χ1v) is 4.19. The fourth-order valence-corrected chi connectivity index (χ4v) is 1.24. The summed E-state index contributed by atoms with van der Waals surface area (Å²) in [7, 11) is 0. The fraction of sp³-hybridized carbons (Fsp3) is 0.333. The van der Waals surface area contributed by atoms with Gasteiger partial charge >= 0.3 is 6.18 Å². The summed E-state index contributed by atoms with van der Waals surface area (Å²) in [6.45, 7) is -0.549. The van der Waals surface area contributed by atoms with Crippen molar-refractivity contribution in [1.29, 1.82) is 0 Å². The van der Waals surface area contributed by atoms with E-state index in [4.69, 9.17) is 16.6 Å². The van der Waals surface area contributed by atoms with Crippen molar-refractivity contribution in [1.82, 2.24) is 0 Å². The molecule has 0 saturated carbocycles. The van der Waals surface area contributed by atoms with Crippen LogP contribution < -0.4 is 11.5 Å². The summed E-state index contributed by atoms with van der Waals surface area (Å²) in [6, 6.07) is 2.26. The van der Waals surface area contributed by atoms with Crippen LogP contribution in [0.15, 0.2) is 18.2 Å². The molecule has 1 atom stereocenters. The zero-order chi connectivity index (χ0) is 11.6. The van der Waals surface area contributed by atoms with Crippen LogP contribution in [0.4, 0.5) is 18.9 Å². The Morgan fingerprint density at radius 2 is 1.93 bits per heavy atom. The van der Waals surface area contributed by atoms with Crippen LogP contribution in [0.3, 0.4) is 0 Å². The summed E-state index contributed by atoms with van der Waals surface area (Å²) in [5.41, 5.74) is 9.57. The largest absolute Gasteiger partial charge is 0.416 e. The first-order valence-electron chi connectivity index (χ1n) is 4.19. The van der Waals surface area contributed by atoms with E-state index in [1.807, 2.05) is 0 Å². The summed E-state index contributed by atoms with van der Waals surface area (Å²) in [5.74, 6) is 0. The highest BCUT2D eigenvalue weighted by atomic mass is 19.4. The van der Waals surface area contributed by atoms with Gasteiger partial charge in [-0.1, -0.05) is 6.07 Å². The van der Waals surface area contributed by atoms with Gasteiger partial charge in [0.05, 0.1) is 18.2 Å². The van der Waals surface area contributed by atoms with Gasteiger partial charge in [0.25, 0.3) is 0 Å². The molecule has 0 saturated heterocycles. The summed E-state index contributed by atoms with van der Waals surface area (Å²) in [6.07, 6.45) is -4.52. The number of nitrogen functional groups attached to an aromatic ring is 1. The summed E-state index contributed by atoms with van der Waals surface area (Å²) >= 11 is 0. The maximum Gasteiger partial charge on any atom is 0.416 e.